The van der Waals surface area contributed by atoms with Crippen LogP contribution in [0.4, 0.5) is 11.4 Å². The topological polar surface area (TPSA) is 112 Å². The molecule has 0 spiro atoms. The molecule has 31 heavy (non-hydrogen) atoms. The zero-order valence-corrected chi connectivity index (χ0v) is 18.3. The monoisotopic (exact) mass is 441 g/mol. The molecule has 3 aromatic rings. The molecule has 0 bridgehead atoms. The van der Waals surface area contributed by atoms with Gasteiger partial charge in [-0.3, -0.25) is 14.9 Å². The van der Waals surface area contributed by atoms with Crippen LogP contribution >= 0.6 is 11.8 Å². The lowest BCUT2D eigenvalue weighted by Crippen LogP contribution is -2.15. The van der Waals surface area contributed by atoms with E-state index in [2.05, 4.69) is 15.5 Å². The van der Waals surface area contributed by atoms with Crippen molar-refractivity contribution in [2.24, 2.45) is 0 Å². The van der Waals surface area contributed by atoms with Crippen LogP contribution in [0.5, 0.6) is 5.75 Å². The number of hydrogen-bond donors (Lipinski definition) is 1. The second kappa shape index (κ2) is 10.1. The minimum absolute atomic E-state index is 0.0718. The van der Waals surface area contributed by atoms with Gasteiger partial charge in [-0.05, 0) is 38.5 Å². The van der Waals surface area contributed by atoms with Crippen LogP contribution in [0.1, 0.15) is 23.9 Å². The number of hydrogen-bond acceptors (Lipinski definition) is 7. The molecule has 162 valence electrons. The molecule has 0 fully saturated rings. The van der Waals surface area contributed by atoms with Gasteiger partial charge in [-0.25, -0.2) is 0 Å². The van der Waals surface area contributed by atoms with Crippen molar-refractivity contribution in [2.75, 3.05) is 11.1 Å². The lowest BCUT2D eigenvalue weighted by molar-refractivity contribution is -0.384. The Balaban J connectivity index is 1.60. The molecule has 1 aromatic heterocycles. The standard InChI is InChI=1S/C21H23N5O4S/c1-4-25-19(12-30-17-9-5-14(2)6-10-17)23-24-21(25)31-13-20(27)22-18-11-16(26(28)29)8-7-15(18)3/h5-11H,4,12-13H2,1-3H3,(H,22,27). The van der Waals surface area contributed by atoms with Crippen molar-refractivity contribution in [1.82, 2.24) is 14.8 Å². The van der Waals surface area contributed by atoms with Gasteiger partial charge in [0, 0.05) is 18.7 Å². The fraction of sp³-hybridized carbons (Fsp3) is 0.286. The van der Waals surface area contributed by atoms with Gasteiger partial charge in [0.2, 0.25) is 5.91 Å². The molecule has 0 aliphatic heterocycles. The molecule has 1 N–H and O–H groups in total. The Morgan fingerprint density at radius 2 is 1.94 bits per heavy atom. The van der Waals surface area contributed by atoms with Crippen LogP contribution in [0, 0.1) is 24.0 Å². The summed E-state index contributed by atoms with van der Waals surface area (Å²) < 4.78 is 7.68. The molecule has 2 aromatic carbocycles. The van der Waals surface area contributed by atoms with Gasteiger partial charge in [-0.1, -0.05) is 35.5 Å². The molecule has 0 radical (unpaired) electrons. The van der Waals surface area contributed by atoms with Gasteiger partial charge in [-0.15, -0.1) is 10.2 Å². The van der Waals surface area contributed by atoms with E-state index in [-0.39, 0.29) is 24.0 Å². The summed E-state index contributed by atoms with van der Waals surface area (Å²) in [6.45, 7) is 6.66. The van der Waals surface area contributed by atoms with Gasteiger partial charge < -0.3 is 14.6 Å². The number of carbonyl (C=O) groups is 1. The third-order valence-corrected chi connectivity index (χ3v) is 5.50. The van der Waals surface area contributed by atoms with Crippen molar-refractivity contribution < 1.29 is 14.5 Å². The summed E-state index contributed by atoms with van der Waals surface area (Å²) in [4.78, 5) is 22.8. The van der Waals surface area contributed by atoms with Gasteiger partial charge in [-0.2, -0.15) is 0 Å². The first-order chi connectivity index (χ1) is 14.9. The van der Waals surface area contributed by atoms with Crippen LogP contribution < -0.4 is 10.1 Å². The fourth-order valence-electron chi connectivity index (χ4n) is 2.81. The highest BCUT2D eigenvalue weighted by Crippen LogP contribution is 2.23. The highest BCUT2D eigenvalue weighted by molar-refractivity contribution is 7.99. The number of rotatable bonds is 9. The van der Waals surface area contributed by atoms with Gasteiger partial charge in [0.15, 0.2) is 11.0 Å². The molecule has 0 unspecified atom stereocenters. The SMILES string of the molecule is CCn1c(COc2ccc(C)cc2)nnc1SCC(=O)Nc1cc([N+](=O)[O-])ccc1C. The van der Waals surface area contributed by atoms with Crippen LogP contribution in [0.25, 0.3) is 0 Å². The number of nitro benzene ring substituents is 1. The Kier molecular flexibility index (Phi) is 7.24. The van der Waals surface area contributed by atoms with Crippen LogP contribution in [0.3, 0.4) is 0 Å². The normalized spacial score (nSPS) is 10.7. The van der Waals surface area contributed by atoms with Crippen molar-refractivity contribution in [3.63, 3.8) is 0 Å². The number of ether oxygens (including phenoxy) is 1. The molecule has 10 heteroatoms. The molecule has 1 amide bonds. The van der Waals surface area contributed by atoms with Crippen molar-refractivity contribution in [2.45, 2.75) is 39.1 Å². The van der Waals surface area contributed by atoms with E-state index < -0.39 is 4.92 Å². The highest BCUT2D eigenvalue weighted by Gasteiger charge is 2.15. The summed E-state index contributed by atoms with van der Waals surface area (Å²) in [5.74, 6) is 1.23. The number of nitrogens with one attached hydrogen (secondary N) is 1. The number of benzene rings is 2. The van der Waals surface area contributed by atoms with Crippen LogP contribution in [0.2, 0.25) is 0 Å². The van der Waals surface area contributed by atoms with Crippen LogP contribution in [-0.2, 0) is 17.9 Å². The quantitative estimate of drug-likeness (QED) is 0.302. The number of nitro groups is 1. The molecule has 9 nitrogen and oxygen atoms in total. The van der Waals surface area contributed by atoms with E-state index in [1.165, 1.54) is 23.9 Å². The first-order valence-electron chi connectivity index (χ1n) is 9.66. The van der Waals surface area contributed by atoms with E-state index in [1.807, 2.05) is 42.7 Å². The molecular weight excluding hydrogens is 418 g/mol. The van der Waals surface area contributed by atoms with E-state index in [9.17, 15) is 14.9 Å². The Hall–Kier alpha value is -3.40. The predicted octanol–water partition coefficient (Wildman–Crippen LogP) is 4.13. The second-order valence-electron chi connectivity index (χ2n) is 6.84. The summed E-state index contributed by atoms with van der Waals surface area (Å²) in [6.07, 6.45) is 0. The smallest absolute Gasteiger partial charge is 0.271 e. The summed E-state index contributed by atoms with van der Waals surface area (Å²) in [5, 5.41) is 22.6. The maximum atomic E-state index is 12.4. The average Bonchev–Trinajstić information content (AvgIpc) is 3.15. The number of nitrogens with zero attached hydrogens (tertiary/aromatic N) is 4. The maximum absolute atomic E-state index is 12.4. The third kappa shape index (κ3) is 5.82. The van der Waals surface area contributed by atoms with E-state index in [4.69, 9.17) is 4.74 Å². The van der Waals surface area contributed by atoms with Crippen molar-refractivity contribution in [3.8, 4) is 5.75 Å². The lowest BCUT2D eigenvalue weighted by atomic mass is 10.2. The number of non-ortho nitro benzene ring substituents is 1. The largest absolute Gasteiger partial charge is 0.486 e. The number of thioether (sulfide) groups is 1. The molecule has 0 saturated carbocycles. The number of aryl methyl sites for hydroxylation is 2. The van der Waals surface area contributed by atoms with Gasteiger partial charge in [0.05, 0.1) is 16.4 Å². The number of anilines is 1. The van der Waals surface area contributed by atoms with Crippen molar-refractivity contribution in [3.05, 3.63) is 69.5 Å². The summed E-state index contributed by atoms with van der Waals surface area (Å²) in [7, 11) is 0. The van der Waals surface area contributed by atoms with Gasteiger partial charge in [0.1, 0.15) is 12.4 Å². The molecule has 0 aliphatic rings. The van der Waals surface area contributed by atoms with Gasteiger partial charge >= 0.3 is 0 Å². The molecule has 3 rings (SSSR count). The summed E-state index contributed by atoms with van der Waals surface area (Å²) in [6, 6.07) is 12.1. The minimum Gasteiger partial charge on any atom is -0.486 e. The maximum Gasteiger partial charge on any atom is 0.271 e. The average molecular weight is 442 g/mol. The van der Waals surface area contributed by atoms with E-state index in [0.717, 1.165) is 16.9 Å². The fourth-order valence-corrected chi connectivity index (χ4v) is 3.63. The first-order valence-corrected chi connectivity index (χ1v) is 10.6. The third-order valence-electron chi connectivity index (χ3n) is 4.54. The summed E-state index contributed by atoms with van der Waals surface area (Å²) >= 11 is 1.25. The van der Waals surface area contributed by atoms with E-state index in [1.54, 1.807) is 13.0 Å². The van der Waals surface area contributed by atoms with Crippen LogP contribution in [-0.4, -0.2) is 31.3 Å². The molecule has 0 atom stereocenters. The Morgan fingerprint density at radius 3 is 2.61 bits per heavy atom. The molecule has 0 saturated heterocycles. The minimum atomic E-state index is -0.492. The zero-order valence-electron chi connectivity index (χ0n) is 17.5. The van der Waals surface area contributed by atoms with Crippen molar-refractivity contribution >= 4 is 29.0 Å². The molecular formula is C21H23N5O4S. The Morgan fingerprint density at radius 1 is 1.19 bits per heavy atom. The number of aromatic nitrogens is 3. The van der Waals surface area contributed by atoms with E-state index in [0.29, 0.717) is 23.2 Å². The molecule has 0 aliphatic carbocycles. The summed E-state index contributed by atoms with van der Waals surface area (Å²) in [5.41, 5.74) is 2.25. The first kappa shape index (κ1) is 22.3. The number of carbonyl (C=O) groups excluding carboxylic acids is 1. The van der Waals surface area contributed by atoms with Crippen molar-refractivity contribution in [1.29, 1.82) is 0 Å². The Labute approximate surface area is 184 Å². The number of amides is 1. The van der Waals surface area contributed by atoms with E-state index >= 15 is 0 Å². The Bertz CT molecular complexity index is 1080. The highest BCUT2D eigenvalue weighted by atomic mass is 32.2. The molecule has 1 heterocycles. The van der Waals surface area contributed by atoms with Gasteiger partial charge in [0.25, 0.3) is 5.69 Å². The van der Waals surface area contributed by atoms with Crippen LogP contribution in [0.15, 0.2) is 47.6 Å². The lowest BCUT2D eigenvalue weighted by Gasteiger charge is -2.10. The zero-order chi connectivity index (χ0) is 22.4. The predicted molar refractivity (Wildman–Crippen MR) is 118 cm³/mol. The second-order valence-corrected chi connectivity index (χ2v) is 7.78.